The van der Waals surface area contributed by atoms with E-state index in [0.29, 0.717) is 0 Å². The Hall–Kier alpha value is -7.48. The van der Waals surface area contributed by atoms with Gasteiger partial charge >= 0.3 is 0 Å². The Labute approximate surface area is 471 Å². The van der Waals surface area contributed by atoms with Gasteiger partial charge in [-0.05, 0) is 118 Å². The van der Waals surface area contributed by atoms with Crippen LogP contribution in [-0.2, 0) is 0 Å². The lowest BCUT2D eigenvalue weighted by Crippen LogP contribution is -1.72. The normalized spacial score (nSPS) is 11.0. The Balaban J connectivity index is 0.0000000993. The van der Waals surface area contributed by atoms with Crippen molar-refractivity contribution in [3.8, 4) is 0 Å². The molecule has 77 heavy (non-hydrogen) atoms. The number of thiophene rings is 5. The molecule has 5 heteroatoms. The Bertz CT molecular complexity index is 4510. The second kappa shape index (κ2) is 23.4. The molecule has 0 bridgehead atoms. The van der Waals surface area contributed by atoms with E-state index in [1.165, 1.54) is 134 Å². The van der Waals surface area contributed by atoms with E-state index in [0.717, 1.165) is 0 Å². The average molecular weight is 1080 g/mol. The van der Waals surface area contributed by atoms with Crippen molar-refractivity contribution >= 4 is 158 Å². The summed E-state index contributed by atoms with van der Waals surface area (Å²) in [4.78, 5) is 0. The van der Waals surface area contributed by atoms with Crippen LogP contribution in [0.25, 0.3) is 101 Å². The molecule has 0 saturated heterocycles. The van der Waals surface area contributed by atoms with Crippen molar-refractivity contribution in [2.75, 3.05) is 0 Å². The fourth-order valence-corrected chi connectivity index (χ4v) is 15.8. The van der Waals surface area contributed by atoms with Gasteiger partial charge in [0.05, 0.1) is 0 Å². The monoisotopic (exact) mass is 1080 g/mol. The minimum atomic E-state index is 1.32. The molecule has 0 aliphatic heterocycles. The van der Waals surface area contributed by atoms with Crippen molar-refractivity contribution < 1.29 is 0 Å². The smallest absolute Gasteiger partial charge is 0.0384 e. The molecular weight excluding hydrogens is 1030 g/mol. The van der Waals surface area contributed by atoms with Crippen LogP contribution in [0.4, 0.5) is 0 Å². The summed E-state index contributed by atoms with van der Waals surface area (Å²) in [7, 11) is 0. The maximum atomic E-state index is 2.27. The highest BCUT2D eigenvalue weighted by Gasteiger charge is 2.09. The van der Waals surface area contributed by atoms with E-state index in [1.54, 1.807) is 0 Å². The molecule has 0 unspecified atom stereocenters. The average Bonchev–Trinajstić information content (AvgIpc) is 4.33. The molecular formula is C72H58S5. The van der Waals surface area contributed by atoms with E-state index >= 15 is 0 Å². The van der Waals surface area contributed by atoms with Crippen LogP contribution in [-0.4, -0.2) is 0 Å². The molecule has 0 spiro atoms. The molecule has 16 aromatic rings. The summed E-state index contributed by atoms with van der Waals surface area (Å²) in [5.41, 5.74) is 8.12. The molecule has 0 aliphatic carbocycles. The standard InChI is InChI=1S/5C13H10S.C7H8/c2*1-9-5-4-7-11-10-6-2-3-8-12(10)14-13(9)11;1-9-5-4-8-12-13(9)10-6-2-3-7-11(10)14-12;1-9-6-7-13-11(8-9)10-4-2-3-5-12(10)14-13;1-9-6-7-11-10-4-2-3-5-12(10)14-13(11)8-9;1-7-5-3-2-4-6-7/h5*2-8H,1H3;2-6H,1H3. The number of fused-ring (bicyclic) bond motifs is 15. The molecule has 376 valence electrons. The Morgan fingerprint density at radius 2 is 0.545 bits per heavy atom. The molecule has 0 nitrogen and oxygen atoms in total. The lowest BCUT2D eigenvalue weighted by Gasteiger charge is -1.95. The van der Waals surface area contributed by atoms with E-state index in [2.05, 4.69) is 266 Å². The van der Waals surface area contributed by atoms with Crippen LogP contribution in [0.3, 0.4) is 0 Å². The van der Waals surface area contributed by atoms with Gasteiger partial charge in [-0.25, -0.2) is 0 Å². The van der Waals surface area contributed by atoms with Gasteiger partial charge in [-0.3, -0.25) is 0 Å². The summed E-state index contributed by atoms with van der Waals surface area (Å²) < 4.78 is 13.9. The van der Waals surface area contributed by atoms with Gasteiger partial charge in [-0.1, -0.05) is 199 Å². The van der Waals surface area contributed by atoms with Crippen molar-refractivity contribution in [2.24, 2.45) is 0 Å². The first kappa shape index (κ1) is 51.6. The summed E-state index contributed by atoms with van der Waals surface area (Å²) in [6.07, 6.45) is 0. The Morgan fingerprint density at radius 1 is 0.195 bits per heavy atom. The highest BCUT2D eigenvalue weighted by molar-refractivity contribution is 7.27. The third-order valence-electron chi connectivity index (χ3n) is 13.8. The van der Waals surface area contributed by atoms with Gasteiger partial charge in [-0.15, -0.1) is 56.7 Å². The molecule has 0 radical (unpaired) electrons. The van der Waals surface area contributed by atoms with Crippen LogP contribution in [0, 0.1) is 41.5 Å². The molecule has 5 aromatic heterocycles. The molecule has 0 amide bonds. The van der Waals surface area contributed by atoms with Crippen LogP contribution in [0.2, 0.25) is 0 Å². The summed E-state index contributed by atoms with van der Waals surface area (Å²) in [6, 6.07) is 86.2. The number of hydrogen-bond donors (Lipinski definition) is 0. The third kappa shape index (κ3) is 11.3. The molecule has 0 saturated carbocycles. The maximum absolute atomic E-state index is 2.27. The largest absolute Gasteiger partial charge is 0.135 e. The van der Waals surface area contributed by atoms with Crippen molar-refractivity contribution in [1.29, 1.82) is 0 Å². The fourth-order valence-electron chi connectivity index (χ4n) is 9.94. The number of hydrogen-bond acceptors (Lipinski definition) is 5. The molecule has 11 aromatic carbocycles. The predicted octanol–water partition coefficient (Wildman–Crippen LogP) is 23.8. The minimum absolute atomic E-state index is 1.32. The second-order valence-electron chi connectivity index (χ2n) is 19.5. The lowest BCUT2D eigenvalue weighted by molar-refractivity contribution is 1.48. The predicted molar refractivity (Wildman–Crippen MR) is 352 cm³/mol. The summed E-state index contributed by atoms with van der Waals surface area (Å²) >= 11 is 9.40. The maximum Gasteiger partial charge on any atom is 0.0384 e. The number of rotatable bonds is 0. The quantitative estimate of drug-likeness (QED) is 0.142. The molecule has 0 fully saturated rings. The third-order valence-corrected chi connectivity index (χ3v) is 19.9. The van der Waals surface area contributed by atoms with Crippen molar-refractivity contribution in [1.82, 2.24) is 0 Å². The summed E-state index contributed by atoms with van der Waals surface area (Å²) in [5, 5.41) is 13.9. The van der Waals surface area contributed by atoms with Crippen LogP contribution >= 0.6 is 56.7 Å². The van der Waals surface area contributed by atoms with Crippen molar-refractivity contribution in [3.63, 3.8) is 0 Å². The molecule has 0 aliphatic rings. The first-order chi connectivity index (χ1) is 37.7. The highest BCUT2D eigenvalue weighted by atomic mass is 32.1. The van der Waals surface area contributed by atoms with Crippen molar-refractivity contribution in [2.45, 2.75) is 41.5 Å². The van der Waals surface area contributed by atoms with Gasteiger partial charge in [0.1, 0.15) is 0 Å². The van der Waals surface area contributed by atoms with E-state index in [9.17, 15) is 0 Å². The van der Waals surface area contributed by atoms with Gasteiger partial charge < -0.3 is 0 Å². The zero-order valence-corrected chi connectivity index (χ0v) is 48.2. The van der Waals surface area contributed by atoms with Crippen LogP contribution < -0.4 is 0 Å². The van der Waals surface area contributed by atoms with Crippen LogP contribution in [0.1, 0.15) is 33.4 Å². The zero-order valence-electron chi connectivity index (χ0n) is 44.1. The number of aryl methyl sites for hydroxylation is 6. The zero-order chi connectivity index (χ0) is 52.8. The Morgan fingerprint density at radius 3 is 1.09 bits per heavy atom. The van der Waals surface area contributed by atoms with Gasteiger partial charge in [-0.2, -0.15) is 0 Å². The van der Waals surface area contributed by atoms with Gasteiger partial charge in [0.15, 0.2) is 0 Å². The van der Waals surface area contributed by atoms with E-state index in [-0.39, 0.29) is 0 Å². The molecule has 0 atom stereocenters. The molecule has 5 heterocycles. The topological polar surface area (TPSA) is 0 Å². The first-order valence-corrected chi connectivity index (χ1v) is 30.1. The Kier molecular flexibility index (Phi) is 15.7. The van der Waals surface area contributed by atoms with Gasteiger partial charge in [0.25, 0.3) is 0 Å². The van der Waals surface area contributed by atoms with E-state index < -0.39 is 0 Å². The van der Waals surface area contributed by atoms with E-state index in [4.69, 9.17) is 0 Å². The summed E-state index contributed by atoms with van der Waals surface area (Å²) in [6.45, 7) is 12.9. The SMILES string of the molecule is Cc1ccc2c(c1)sc1ccccc12.Cc1ccc2sc3ccccc3c2c1.Cc1cccc2c1sc1ccccc12.Cc1cccc2c1sc1ccccc12.Cc1cccc2sc3ccccc3c12.Cc1ccccc1. The van der Waals surface area contributed by atoms with E-state index in [1.807, 2.05) is 74.9 Å². The first-order valence-electron chi connectivity index (χ1n) is 26.0. The van der Waals surface area contributed by atoms with Gasteiger partial charge in [0, 0.05) is 101 Å². The molecule has 16 rings (SSSR count). The highest BCUT2D eigenvalue weighted by Crippen LogP contribution is 2.39. The fraction of sp³-hybridized carbons (Fsp3) is 0.0833. The minimum Gasteiger partial charge on any atom is -0.135 e. The summed E-state index contributed by atoms with van der Waals surface area (Å²) in [5.74, 6) is 0. The molecule has 0 N–H and O–H groups in total. The van der Waals surface area contributed by atoms with Crippen LogP contribution in [0.15, 0.2) is 243 Å². The number of benzene rings is 11. The van der Waals surface area contributed by atoms with Gasteiger partial charge in [0.2, 0.25) is 0 Å². The van der Waals surface area contributed by atoms with Crippen molar-refractivity contribution in [3.05, 3.63) is 276 Å². The second-order valence-corrected chi connectivity index (χ2v) is 24.9. The lowest BCUT2D eigenvalue weighted by atomic mass is 10.1. The van der Waals surface area contributed by atoms with Crippen LogP contribution in [0.5, 0.6) is 0 Å².